The number of piperazine rings is 1. The summed E-state index contributed by atoms with van der Waals surface area (Å²) in [6, 6.07) is 4.99. The molecule has 0 aliphatic carbocycles. The molecule has 2 amide bonds. The van der Waals surface area contributed by atoms with Crippen LogP contribution in [0.4, 0.5) is 11.4 Å². The van der Waals surface area contributed by atoms with Gasteiger partial charge in [0.2, 0.25) is 11.8 Å². The monoisotopic (exact) mass is 392 g/mol. The minimum atomic E-state index is -1.09. The van der Waals surface area contributed by atoms with Crippen LogP contribution in [0, 0.1) is 0 Å². The maximum absolute atomic E-state index is 12.0. The number of carbonyl (C=O) groups is 3. The standard InChI is InChI=1S/C19H28N4O5/c1-14(24)21-17-5-4-15(12-16(17)19(26)27)23-9-7-22(8-10-23)13-18(25)20-6-3-11-28-2/h4-5,12H,3,6-11,13H2,1-2H3,(H,20,25)(H,21,24)(H,26,27). The van der Waals surface area contributed by atoms with E-state index in [0.717, 1.165) is 12.1 Å². The van der Waals surface area contributed by atoms with E-state index >= 15 is 0 Å². The lowest BCUT2D eigenvalue weighted by Crippen LogP contribution is -2.49. The number of amides is 2. The fourth-order valence-electron chi connectivity index (χ4n) is 3.07. The highest BCUT2D eigenvalue weighted by Gasteiger charge is 2.21. The normalized spacial score (nSPS) is 14.6. The van der Waals surface area contributed by atoms with E-state index in [1.54, 1.807) is 25.3 Å². The Morgan fingerprint density at radius 2 is 1.89 bits per heavy atom. The quantitative estimate of drug-likeness (QED) is 0.528. The Balaban J connectivity index is 1.88. The van der Waals surface area contributed by atoms with Crippen molar-refractivity contribution >= 4 is 29.2 Å². The predicted octanol–water partition coefficient (Wildman–Crippen LogP) is 0.618. The molecule has 0 unspecified atom stereocenters. The van der Waals surface area contributed by atoms with Crippen molar-refractivity contribution in [3.8, 4) is 0 Å². The molecule has 0 radical (unpaired) electrons. The predicted molar refractivity (Wildman–Crippen MR) is 106 cm³/mol. The number of hydrogen-bond acceptors (Lipinski definition) is 6. The highest BCUT2D eigenvalue weighted by atomic mass is 16.5. The van der Waals surface area contributed by atoms with Gasteiger partial charge >= 0.3 is 5.97 Å². The number of hydrogen-bond donors (Lipinski definition) is 3. The number of aromatic carboxylic acids is 1. The van der Waals surface area contributed by atoms with Crippen molar-refractivity contribution in [2.24, 2.45) is 0 Å². The summed E-state index contributed by atoms with van der Waals surface area (Å²) in [5.41, 5.74) is 1.13. The number of carboxylic acid groups (broad SMARTS) is 1. The first-order valence-corrected chi connectivity index (χ1v) is 9.28. The van der Waals surface area contributed by atoms with Gasteiger partial charge in [0, 0.05) is 59.1 Å². The maximum Gasteiger partial charge on any atom is 0.337 e. The molecule has 1 aromatic rings. The number of ether oxygens (including phenoxy) is 1. The van der Waals surface area contributed by atoms with Gasteiger partial charge in [-0.25, -0.2) is 4.79 Å². The van der Waals surface area contributed by atoms with Crippen LogP contribution in [0.25, 0.3) is 0 Å². The third-order valence-corrected chi connectivity index (χ3v) is 4.50. The van der Waals surface area contributed by atoms with E-state index in [9.17, 15) is 19.5 Å². The molecule has 28 heavy (non-hydrogen) atoms. The van der Waals surface area contributed by atoms with Crippen LogP contribution < -0.4 is 15.5 Å². The first-order chi connectivity index (χ1) is 13.4. The second-order valence-corrected chi connectivity index (χ2v) is 6.68. The smallest absolute Gasteiger partial charge is 0.337 e. The van der Waals surface area contributed by atoms with Crippen LogP contribution in [0.5, 0.6) is 0 Å². The number of rotatable bonds is 9. The van der Waals surface area contributed by atoms with Crippen LogP contribution in [-0.2, 0) is 14.3 Å². The minimum Gasteiger partial charge on any atom is -0.478 e. The van der Waals surface area contributed by atoms with E-state index in [0.29, 0.717) is 45.9 Å². The summed E-state index contributed by atoms with van der Waals surface area (Å²) in [7, 11) is 1.63. The lowest BCUT2D eigenvalue weighted by Gasteiger charge is -2.36. The molecule has 1 aromatic carbocycles. The molecule has 2 rings (SSSR count). The Kier molecular flexibility index (Phi) is 8.21. The van der Waals surface area contributed by atoms with Gasteiger partial charge in [0.05, 0.1) is 17.8 Å². The molecule has 0 aromatic heterocycles. The van der Waals surface area contributed by atoms with E-state index < -0.39 is 5.97 Å². The van der Waals surface area contributed by atoms with Gasteiger partial charge < -0.3 is 25.4 Å². The minimum absolute atomic E-state index is 0.00243. The molecule has 1 aliphatic heterocycles. The largest absolute Gasteiger partial charge is 0.478 e. The summed E-state index contributed by atoms with van der Waals surface area (Å²) < 4.78 is 4.95. The topological polar surface area (TPSA) is 111 Å². The lowest BCUT2D eigenvalue weighted by atomic mass is 10.1. The summed E-state index contributed by atoms with van der Waals surface area (Å²) >= 11 is 0. The molecule has 0 spiro atoms. The van der Waals surface area contributed by atoms with E-state index in [1.807, 2.05) is 0 Å². The molecule has 0 atom stereocenters. The Morgan fingerprint density at radius 1 is 1.18 bits per heavy atom. The van der Waals surface area contributed by atoms with E-state index in [2.05, 4.69) is 20.4 Å². The van der Waals surface area contributed by atoms with Crippen molar-refractivity contribution in [2.45, 2.75) is 13.3 Å². The average Bonchev–Trinajstić information content (AvgIpc) is 2.65. The van der Waals surface area contributed by atoms with E-state index in [4.69, 9.17) is 4.74 Å². The number of methoxy groups -OCH3 is 1. The number of anilines is 2. The van der Waals surface area contributed by atoms with Crippen LogP contribution in [0.3, 0.4) is 0 Å². The Labute approximate surface area is 164 Å². The van der Waals surface area contributed by atoms with Crippen molar-refractivity contribution in [1.29, 1.82) is 0 Å². The summed E-state index contributed by atoms with van der Waals surface area (Å²) in [5.74, 6) is -1.41. The average molecular weight is 392 g/mol. The van der Waals surface area contributed by atoms with Gasteiger partial charge in [-0.15, -0.1) is 0 Å². The summed E-state index contributed by atoms with van der Waals surface area (Å²) in [6.07, 6.45) is 0.788. The maximum atomic E-state index is 12.0. The van der Waals surface area contributed by atoms with Crippen molar-refractivity contribution in [2.75, 3.05) is 63.2 Å². The number of carbonyl (C=O) groups excluding carboxylic acids is 2. The van der Waals surface area contributed by atoms with Crippen molar-refractivity contribution in [3.05, 3.63) is 23.8 Å². The fourth-order valence-corrected chi connectivity index (χ4v) is 3.07. The van der Waals surface area contributed by atoms with Gasteiger partial charge in [-0.3, -0.25) is 14.5 Å². The zero-order chi connectivity index (χ0) is 20.5. The van der Waals surface area contributed by atoms with Gasteiger partial charge in [-0.05, 0) is 24.6 Å². The Bertz CT molecular complexity index is 702. The van der Waals surface area contributed by atoms with Gasteiger partial charge in [-0.1, -0.05) is 0 Å². The summed E-state index contributed by atoms with van der Waals surface area (Å²) in [5, 5.41) is 14.8. The van der Waals surface area contributed by atoms with Gasteiger partial charge in [0.25, 0.3) is 0 Å². The zero-order valence-electron chi connectivity index (χ0n) is 16.4. The number of nitrogens with zero attached hydrogens (tertiary/aromatic N) is 2. The molecule has 154 valence electrons. The lowest BCUT2D eigenvalue weighted by molar-refractivity contribution is -0.122. The number of benzene rings is 1. The molecule has 9 heteroatoms. The SMILES string of the molecule is COCCCNC(=O)CN1CCN(c2ccc(NC(C)=O)c(C(=O)O)c2)CC1. The molecular weight excluding hydrogens is 364 g/mol. The third-order valence-electron chi connectivity index (χ3n) is 4.50. The van der Waals surface area contributed by atoms with Crippen LogP contribution in [0.2, 0.25) is 0 Å². The molecular formula is C19H28N4O5. The van der Waals surface area contributed by atoms with Crippen LogP contribution in [-0.4, -0.2) is 80.8 Å². The zero-order valence-corrected chi connectivity index (χ0v) is 16.4. The van der Waals surface area contributed by atoms with Crippen molar-refractivity contribution in [3.63, 3.8) is 0 Å². The third kappa shape index (κ3) is 6.50. The fraction of sp³-hybridized carbons (Fsp3) is 0.526. The van der Waals surface area contributed by atoms with Crippen molar-refractivity contribution in [1.82, 2.24) is 10.2 Å². The highest BCUT2D eigenvalue weighted by Crippen LogP contribution is 2.24. The molecule has 1 saturated heterocycles. The number of nitrogens with one attached hydrogen (secondary N) is 2. The summed E-state index contributed by atoms with van der Waals surface area (Å²) in [6.45, 7) is 5.71. The molecule has 3 N–H and O–H groups in total. The van der Waals surface area contributed by atoms with Crippen LogP contribution >= 0.6 is 0 Å². The van der Waals surface area contributed by atoms with E-state index in [-0.39, 0.29) is 23.1 Å². The molecule has 1 fully saturated rings. The van der Waals surface area contributed by atoms with Crippen LogP contribution in [0.1, 0.15) is 23.7 Å². The molecule has 0 saturated carbocycles. The Morgan fingerprint density at radius 3 is 2.50 bits per heavy atom. The van der Waals surface area contributed by atoms with Gasteiger partial charge in [-0.2, -0.15) is 0 Å². The van der Waals surface area contributed by atoms with Crippen LogP contribution in [0.15, 0.2) is 18.2 Å². The first kappa shape index (κ1) is 21.6. The van der Waals surface area contributed by atoms with Gasteiger partial charge in [0.1, 0.15) is 0 Å². The van der Waals surface area contributed by atoms with Gasteiger partial charge in [0.15, 0.2) is 0 Å². The Hall–Kier alpha value is -2.65. The van der Waals surface area contributed by atoms with Crippen molar-refractivity contribution < 1.29 is 24.2 Å². The number of carboxylic acids is 1. The highest BCUT2D eigenvalue weighted by molar-refractivity contribution is 6.00. The molecule has 1 heterocycles. The second kappa shape index (κ2) is 10.6. The molecule has 1 aliphatic rings. The van der Waals surface area contributed by atoms with E-state index in [1.165, 1.54) is 6.92 Å². The second-order valence-electron chi connectivity index (χ2n) is 6.68. The molecule has 0 bridgehead atoms. The molecule has 9 nitrogen and oxygen atoms in total. The first-order valence-electron chi connectivity index (χ1n) is 9.28. The summed E-state index contributed by atoms with van der Waals surface area (Å²) in [4.78, 5) is 38.9.